The van der Waals surface area contributed by atoms with E-state index in [0.717, 1.165) is 22.3 Å². The molecule has 0 amide bonds. The van der Waals surface area contributed by atoms with Gasteiger partial charge in [-0.15, -0.1) is 10.2 Å². The number of benzene rings is 2. The fourth-order valence-electron chi connectivity index (χ4n) is 2.44. The van der Waals surface area contributed by atoms with E-state index >= 15 is 0 Å². The first-order valence-corrected chi connectivity index (χ1v) is 7.22. The second kappa shape index (κ2) is 4.96. The highest BCUT2D eigenvalue weighted by Crippen LogP contribution is 2.28. The maximum absolute atomic E-state index is 6.29. The molecular weight excluding hydrogens is 298 g/mol. The van der Waals surface area contributed by atoms with E-state index in [4.69, 9.17) is 11.6 Å². The van der Waals surface area contributed by atoms with E-state index in [1.165, 1.54) is 0 Å². The summed E-state index contributed by atoms with van der Waals surface area (Å²) in [7, 11) is 0. The smallest absolute Gasteiger partial charge is 0.204 e. The lowest BCUT2D eigenvalue weighted by Crippen LogP contribution is -2.00. The zero-order valence-corrected chi connectivity index (χ0v) is 12.5. The van der Waals surface area contributed by atoms with Gasteiger partial charge in [0.15, 0.2) is 5.82 Å². The van der Waals surface area contributed by atoms with Crippen molar-refractivity contribution in [3.8, 4) is 0 Å². The molecule has 2 aromatic heterocycles. The number of fused-ring (bicyclic) bond motifs is 3. The third kappa shape index (κ3) is 2.07. The monoisotopic (exact) mass is 309 g/mol. The van der Waals surface area contributed by atoms with E-state index in [-0.39, 0.29) is 0 Å². The highest BCUT2D eigenvalue weighted by Gasteiger charge is 2.11. The number of nitrogens with zero attached hydrogens (tertiary/aromatic N) is 4. The van der Waals surface area contributed by atoms with Crippen LogP contribution in [-0.2, 0) is 0 Å². The molecule has 2 aromatic carbocycles. The van der Waals surface area contributed by atoms with Crippen molar-refractivity contribution in [2.45, 2.75) is 6.92 Å². The molecular formula is C16H12ClN5. The van der Waals surface area contributed by atoms with Crippen LogP contribution in [0.2, 0.25) is 5.02 Å². The van der Waals surface area contributed by atoms with Crippen molar-refractivity contribution in [1.82, 2.24) is 19.6 Å². The minimum atomic E-state index is 0.627. The Morgan fingerprint density at radius 3 is 2.86 bits per heavy atom. The molecule has 0 aliphatic heterocycles. The molecule has 0 fully saturated rings. The molecule has 0 bridgehead atoms. The van der Waals surface area contributed by atoms with Crippen LogP contribution in [0.3, 0.4) is 0 Å². The van der Waals surface area contributed by atoms with Gasteiger partial charge in [-0.05, 0) is 36.8 Å². The lowest BCUT2D eigenvalue weighted by molar-refractivity contribution is 1.11. The molecule has 0 saturated carbocycles. The van der Waals surface area contributed by atoms with Gasteiger partial charge in [-0.1, -0.05) is 29.8 Å². The molecule has 0 saturated heterocycles. The molecule has 0 radical (unpaired) electrons. The number of halogens is 1. The maximum Gasteiger partial charge on any atom is 0.204 e. The van der Waals surface area contributed by atoms with Crippen LogP contribution in [0.1, 0.15) is 5.56 Å². The van der Waals surface area contributed by atoms with Crippen LogP contribution in [0.4, 0.5) is 11.5 Å². The zero-order chi connectivity index (χ0) is 15.1. The van der Waals surface area contributed by atoms with Gasteiger partial charge >= 0.3 is 0 Å². The molecule has 0 aliphatic rings. The lowest BCUT2D eigenvalue weighted by atomic mass is 10.2. The normalized spacial score (nSPS) is 11.2. The molecule has 4 aromatic rings. The van der Waals surface area contributed by atoms with Crippen molar-refractivity contribution in [2.75, 3.05) is 5.32 Å². The lowest BCUT2D eigenvalue weighted by Gasteiger charge is -2.10. The van der Waals surface area contributed by atoms with Crippen molar-refractivity contribution < 1.29 is 0 Å². The van der Waals surface area contributed by atoms with E-state index in [9.17, 15) is 0 Å². The van der Waals surface area contributed by atoms with Gasteiger partial charge in [0, 0.05) is 0 Å². The van der Waals surface area contributed by atoms with Crippen molar-refractivity contribution >= 4 is 39.8 Å². The first-order chi connectivity index (χ1) is 10.7. The maximum atomic E-state index is 6.29. The van der Waals surface area contributed by atoms with Crippen LogP contribution >= 0.6 is 11.6 Å². The molecule has 1 N–H and O–H groups in total. The van der Waals surface area contributed by atoms with E-state index in [1.807, 2.05) is 53.8 Å². The number of anilines is 2. The summed E-state index contributed by atoms with van der Waals surface area (Å²) in [4.78, 5) is 4.64. The minimum Gasteiger partial charge on any atom is -0.336 e. The topological polar surface area (TPSA) is 55.1 Å². The SMILES string of the molecule is Cc1ccc(Nc2nc3ccccc3n3cnnc23)c(Cl)c1. The number of aryl methyl sites for hydroxylation is 1. The Kier molecular flexibility index (Phi) is 2.94. The van der Waals surface area contributed by atoms with Gasteiger partial charge in [0.05, 0.1) is 21.7 Å². The molecule has 0 unspecified atom stereocenters. The van der Waals surface area contributed by atoms with Crippen LogP contribution in [0.25, 0.3) is 16.7 Å². The Labute approximate surface area is 131 Å². The van der Waals surface area contributed by atoms with Crippen molar-refractivity contribution in [2.24, 2.45) is 0 Å². The summed E-state index contributed by atoms with van der Waals surface area (Å²) in [6.45, 7) is 2.00. The predicted octanol–water partition coefficient (Wildman–Crippen LogP) is 3.98. The molecule has 0 atom stereocenters. The predicted molar refractivity (Wildman–Crippen MR) is 87.8 cm³/mol. The molecule has 2 heterocycles. The molecule has 0 spiro atoms. The van der Waals surface area contributed by atoms with Gasteiger partial charge in [-0.25, -0.2) is 4.98 Å². The minimum absolute atomic E-state index is 0.627. The first kappa shape index (κ1) is 13.0. The molecule has 5 nitrogen and oxygen atoms in total. The number of nitrogens with one attached hydrogen (secondary N) is 1. The van der Waals surface area contributed by atoms with Crippen LogP contribution in [-0.4, -0.2) is 19.6 Å². The van der Waals surface area contributed by atoms with Gasteiger partial charge in [0.25, 0.3) is 0 Å². The van der Waals surface area contributed by atoms with Crippen LogP contribution in [0.5, 0.6) is 0 Å². The fourth-order valence-corrected chi connectivity index (χ4v) is 2.72. The third-order valence-electron chi connectivity index (χ3n) is 3.51. The second-order valence-corrected chi connectivity index (χ2v) is 5.49. The Morgan fingerprint density at radius 2 is 2.00 bits per heavy atom. The largest absolute Gasteiger partial charge is 0.336 e. The van der Waals surface area contributed by atoms with Gasteiger partial charge in [0.2, 0.25) is 5.65 Å². The Morgan fingerprint density at radius 1 is 1.14 bits per heavy atom. The fraction of sp³-hybridized carbons (Fsp3) is 0.0625. The van der Waals surface area contributed by atoms with Crippen molar-refractivity contribution in [3.05, 3.63) is 59.4 Å². The quantitative estimate of drug-likeness (QED) is 0.608. The molecule has 22 heavy (non-hydrogen) atoms. The number of para-hydroxylation sites is 2. The van der Waals surface area contributed by atoms with E-state index < -0.39 is 0 Å². The van der Waals surface area contributed by atoms with Crippen LogP contribution < -0.4 is 5.32 Å². The Hall–Kier alpha value is -2.66. The molecule has 4 rings (SSSR count). The van der Waals surface area contributed by atoms with Crippen LogP contribution in [0, 0.1) is 6.92 Å². The van der Waals surface area contributed by atoms with Gasteiger partial charge in [-0.2, -0.15) is 0 Å². The van der Waals surface area contributed by atoms with Crippen molar-refractivity contribution in [3.63, 3.8) is 0 Å². The van der Waals surface area contributed by atoms with Gasteiger partial charge in [0.1, 0.15) is 6.33 Å². The third-order valence-corrected chi connectivity index (χ3v) is 3.82. The Bertz CT molecular complexity index is 992. The van der Waals surface area contributed by atoms with Crippen LogP contribution in [0.15, 0.2) is 48.8 Å². The second-order valence-electron chi connectivity index (χ2n) is 5.08. The van der Waals surface area contributed by atoms with E-state index in [0.29, 0.717) is 16.5 Å². The van der Waals surface area contributed by atoms with Gasteiger partial charge < -0.3 is 5.32 Å². The molecule has 0 aliphatic carbocycles. The summed E-state index contributed by atoms with van der Waals surface area (Å²) in [6, 6.07) is 13.7. The summed E-state index contributed by atoms with van der Waals surface area (Å²) in [5.74, 6) is 0.627. The number of rotatable bonds is 2. The average Bonchev–Trinajstić information content (AvgIpc) is 3.00. The van der Waals surface area contributed by atoms with E-state index in [1.54, 1.807) is 6.33 Å². The highest BCUT2D eigenvalue weighted by atomic mass is 35.5. The Balaban J connectivity index is 1.91. The zero-order valence-electron chi connectivity index (χ0n) is 11.8. The summed E-state index contributed by atoms with van der Waals surface area (Å²) in [5, 5.41) is 12.0. The number of hydrogen-bond acceptors (Lipinski definition) is 4. The van der Waals surface area contributed by atoms with Crippen molar-refractivity contribution in [1.29, 1.82) is 0 Å². The highest BCUT2D eigenvalue weighted by molar-refractivity contribution is 6.33. The molecule has 108 valence electrons. The molecule has 6 heteroatoms. The number of hydrogen-bond donors (Lipinski definition) is 1. The standard InChI is InChI=1S/C16H12ClN5/c1-10-6-7-12(11(17)8-10)19-15-16-21-18-9-22(16)14-5-3-2-4-13(14)20-15/h2-9H,1H3,(H,19,20). The number of aromatic nitrogens is 4. The summed E-state index contributed by atoms with van der Waals surface area (Å²) >= 11 is 6.29. The summed E-state index contributed by atoms with van der Waals surface area (Å²) in [5.41, 5.74) is 4.38. The average molecular weight is 310 g/mol. The van der Waals surface area contributed by atoms with Gasteiger partial charge in [-0.3, -0.25) is 4.40 Å². The summed E-state index contributed by atoms with van der Waals surface area (Å²) in [6.07, 6.45) is 1.68. The first-order valence-electron chi connectivity index (χ1n) is 6.84. The summed E-state index contributed by atoms with van der Waals surface area (Å²) < 4.78 is 1.91. The van der Waals surface area contributed by atoms with E-state index in [2.05, 4.69) is 20.5 Å².